The Morgan fingerprint density at radius 3 is 2.78 bits per heavy atom. The summed E-state index contributed by atoms with van der Waals surface area (Å²) < 4.78 is 22.8. The smallest absolute Gasteiger partial charge is 0.224 e. The van der Waals surface area contributed by atoms with Crippen LogP contribution in [-0.4, -0.2) is 42.3 Å². The molecule has 0 radical (unpaired) electrons. The van der Waals surface area contributed by atoms with Gasteiger partial charge >= 0.3 is 0 Å². The first-order chi connectivity index (χ1) is 10.9. The van der Waals surface area contributed by atoms with Crippen LogP contribution in [0.2, 0.25) is 0 Å². The average Bonchev–Trinajstić information content (AvgIpc) is 2.87. The third kappa shape index (κ3) is 3.88. The summed E-state index contributed by atoms with van der Waals surface area (Å²) in [6.45, 7) is 2.48. The minimum atomic E-state index is -3.02. The van der Waals surface area contributed by atoms with Crippen LogP contribution in [0.1, 0.15) is 42.0 Å². The first-order valence-corrected chi connectivity index (χ1v) is 10.1. The molecule has 126 valence electrons. The molecule has 1 aliphatic carbocycles. The van der Waals surface area contributed by atoms with Crippen LogP contribution >= 0.6 is 0 Å². The van der Waals surface area contributed by atoms with Gasteiger partial charge in [-0.25, -0.2) is 18.4 Å². The van der Waals surface area contributed by atoms with E-state index in [-0.39, 0.29) is 17.4 Å². The number of amides is 1. The van der Waals surface area contributed by atoms with Crippen molar-refractivity contribution in [2.45, 2.75) is 45.4 Å². The van der Waals surface area contributed by atoms with Gasteiger partial charge in [-0.2, -0.15) is 0 Å². The molecular formula is C16H23N3O3S. The van der Waals surface area contributed by atoms with Crippen molar-refractivity contribution >= 4 is 15.7 Å². The summed E-state index contributed by atoms with van der Waals surface area (Å²) in [4.78, 5) is 21.2. The summed E-state index contributed by atoms with van der Waals surface area (Å²) in [6, 6.07) is 0. The van der Waals surface area contributed by atoms with Gasteiger partial charge in [0.05, 0.1) is 17.4 Å². The van der Waals surface area contributed by atoms with Gasteiger partial charge in [0, 0.05) is 24.4 Å². The molecule has 1 aliphatic heterocycles. The zero-order valence-electron chi connectivity index (χ0n) is 13.5. The van der Waals surface area contributed by atoms with Gasteiger partial charge in [-0.1, -0.05) is 0 Å². The Hall–Kier alpha value is -1.50. The SMILES string of the molecule is Cc1nc(CCNC(=O)[C@H]2CCS(=O)(=O)C2)nc2c1CCCC2. The quantitative estimate of drug-likeness (QED) is 0.876. The lowest BCUT2D eigenvalue weighted by atomic mass is 9.95. The Kier molecular flexibility index (Phi) is 4.66. The van der Waals surface area contributed by atoms with E-state index >= 15 is 0 Å². The number of nitrogens with zero attached hydrogens (tertiary/aromatic N) is 2. The molecular weight excluding hydrogens is 314 g/mol. The fraction of sp³-hybridized carbons (Fsp3) is 0.688. The van der Waals surface area contributed by atoms with E-state index in [4.69, 9.17) is 0 Å². The molecule has 1 saturated heterocycles. The zero-order valence-corrected chi connectivity index (χ0v) is 14.3. The summed E-state index contributed by atoms with van der Waals surface area (Å²) >= 11 is 0. The molecule has 1 N–H and O–H groups in total. The van der Waals surface area contributed by atoms with Crippen LogP contribution in [0.3, 0.4) is 0 Å². The Labute approximate surface area is 137 Å². The molecule has 0 unspecified atom stereocenters. The Balaban J connectivity index is 1.55. The van der Waals surface area contributed by atoms with Gasteiger partial charge < -0.3 is 5.32 Å². The molecule has 1 aromatic rings. The van der Waals surface area contributed by atoms with E-state index in [1.807, 2.05) is 6.92 Å². The lowest BCUT2D eigenvalue weighted by Crippen LogP contribution is -2.33. The highest BCUT2D eigenvalue weighted by atomic mass is 32.2. The predicted molar refractivity (Wildman–Crippen MR) is 86.9 cm³/mol. The molecule has 2 aliphatic rings. The fourth-order valence-electron chi connectivity index (χ4n) is 3.40. The molecule has 1 amide bonds. The van der Waals surface area contributed by atoms with Gasteiger partial charge in [0.1, 0.15) is 5.82 Å². The van der Waals surface area contributed by atoms with Crippen LogP contribution in [0.15, 0.2) is 0 Å². The van der Waals surface area contributed by atoms with Crippen LogP contribution in [0.25, 0.3) is 0 Å². The topological polar surface area (TPSA) is 89.0 Å². The maximum atomic E-state index is 12.0. The van der Waals surface area contributed by atoms with Crippen molar-refractivity contribution in [3.8, 4) is 0 Å². The Morgan fingerprint density at radius 1 is 1.26 bits per heavy atom. The Bertz CT molecular complexity index is 716. The number of sulfone groups is 1. The number of carbonyl (C=O) groups is 1. The fourth-order valence-corrected chi connectivity index (χ4v) is 5.14. The molecule has 3 rings (SSSR count). The van der Waals surface area contributed by atoms with Crippen molar-refractivity contribution < 1.29 is 13.2 Å². The van der Waals surface area contributed by atoms with Crippen molar-refractivity contribution in [3.63, 3.8) is 0 Å². The minimum absolute atomic E-state index is 0.0205. The molecule has 23 heavy (non-hydrogen) atoms. The highest BCUT2D eigenvalue weighted by Crippen LogP contribution is 2.22. The van der Waals surface area contributed by atoms with E-state index in [1.54, 1.807) is 0 Å². The zero-order chi connectivity index (χ0) is 16.4. The first-order valence-electron chi connectivity index (χ1n) is 8.28. The number of aromatic nitrogens is 2. The molecule has 7 heteroatoms. The van der Waals surface area contributed by atoms with Gasteiger partial charge in [-0.15, -0.1) is 0 Å². The predicted octanol–water partition coefficient (Wildman–Crippen LogP) is 0.757. The van der Waals surface area contributed by atoms with Crippen LogP contribution in [0.5, 0.6) is 0 Å². The highest BCUT2D eigenvalue weighted by Gasteiger charge is 2.32. The molecule has 1 fully saturated rings. The summed E-state index contributed by atoms with van der Waals surface area (Å²) in [5.41, 5.74) is 3.50. The first kappa shape index (κ1) is 16.4. The van der Waals surface area contributed by atoms with Crippen molar-refractivity contribution in [3.05, 3.63) is 22.8 Å². The maximum absolute atomic E-state index is 12.0. The largest absolute Gasteiger partial charge is 0.355 e. The molecule has 1 aromatic heterocycles. The number of fused-ring (bicyclic) bond motifs is 1. The van der Waals surface area contributed by atoms with Crippen molar-refractivity contribution in [1.29, 1.82) is 0 Å². The number of hydrogen-bond donors (Lipinski definition) is 1. The van der Waals surface area contributed by atoms with E-state index in [2.05, 4.69) is 15.3 Å². The maximum Gasteiger partial charge on any atom is 0.224 e. The summed E-state index contributed by atoms with van der Waals surface area (Å²) in [6.07, 6.45) is 5.47. The monoisotopic (exact) mass is 337 g/mol. The lowest BCUT2D eigenvalue weighted by molar-refractivity contribution is -0.124. The van der Waals surface area contributed by atoms with Gasteiger partial charge in [-0.3, -0.25) is 4.79 Å². The van der Waals surface area contributed by atoms with Crippen LogP contribution < -0.4 is 5.32 Å². The van der Waals surface area contributed by atoms with Crippen molar-refractivity contribution in [2.24, 2.45) is 5.92 Å². The average molecular weight is 337 g/mol. The molecule has 0 saturated carbocycles. The second-order valence-electron chi connectivity index (χ2n) is 6.50. The van der Waals surface area contributed by atoms with Gasteiger partial charge in [0.15, 0.2) is 9.84 Å². The number of aryl methyl sites for hydroxylation is 2. The van der Waals surface area contributed by atoms with Gasteiger partial charge in [0.25, 0.3) is 0 Å². The molecule has 6 nitrogen and oxygen atoms in total. The van der Waals surface area contributed by atoms with Crippen LogP contribution in [-0.2, 0) is 33.9 Å². The number of rotatable bonds is 4. The van der Waals surface area contributed by atoms with E-state index < -0.39 is 15.8 Å². The van der Waals surface area contributed by atoms with Crippen molar-refractivity contribution in [1.82, 2.24) is 15.3 Å². The summed E-state index contributed by atoms with van der Waals surface area (Å²) in [7, 11) is -3.02. The van der Waals surface area contributed by atoms with E-state index in [9.17, 15) is 13.2 Å². The molecule has 2 heterocycles. The Morgan fingerprint density at radius 2 is 2.04 bits per heavy atom. The minimum Gasteiger partial charge on any atom is -0.355 e. The normalized spacial score (nSPS) is 22.6. The van der Waals surface area contributed by atoms with Gasteiger partial charge in [0.2, 0.25) is 5.91 Å². The summed E-state index contributed by atoms with van der Waals surface area (Å²) in [5.74, 6) is 0.306. The lowest BCUT2D eigenvalue weighted by Gasteiger charge is -2.17. The van der Waals surface area contributed by atoms with E-state index in [0.29, 0.717) is 19.4 Å². The highest BCUT2D eigenvalue weighted by molar-refractivity contribution is 7.91. The van der Waals surface area contributed by atoms with E-state index in [0.717, 1.165) is 30.1 Å². The second-order valence-corrected chi connectivity index (χ2v) is 8.73. The van der Waals surface area contributed by atoms with Crippen molar-refractivity contribution in [2.75, 3.05) is 18.1 Å². The number of nitrogens with one attached hydrogen (secondary N) is 1. The molecule has 0 aromatic carbocycles. The van der Waals surface area contributed by atoms with Crippen LogP contribution in [0, 0.1) is 12.8 Å². The molecule has 0 spiro atoms. The third-order valence-electron chi connectivity index (χ3n) is 4.69. The third-order valence-corrected chi connectivity index (χ3v) is 6.46. The second kappa shape index (κ2) is 6.55. The number of carbonyl (C=O) groups excluding carboxylic acids is 1. The van der Waals surface area contributed by atoms with Gasteiger partial charge in [-0.05, 0) is 44.6 Å². The van der Waals surface area contributed by atoms with Crippen LogP contribution in [0.4, 0.5) is 0 Å². The molecule has 1 atom stereocenters. The standard InChI is InChI=1S/C16H23N3O3S/c1-11-13-4-2-3-5-14(13)19-15(18-11)6-8-17-16(20)12-7-9-23(21,22)10-12/h12H,2-10H2,1H3,(H,17,20)/t12-/m0/s1. The number of hydrogen-bond acceptors (Lipinski definition) is 5. The molecule has 0 bridgehead atoms. The summed E-state index contributed by atoms with van der Waals surface area (Å²) in [5, 5.41) is 2.83. The van der Waals surface area contributed by atoms with E-state index in [1.165, 1.54) is 18.4 Å².